The largest absolute Gasteiger partial charge is 0.385 e. The van der Waals surface area contributed by atoms with Crippen LogP contribution in [0.25, 0.3) is 0 Å². The van der Waals surface area contributed by atoms with Crippen LogP contribution >= 0.6 is 0 Å². The predicted molar refractivity (Wildman–Crippen MR) is 79.4 cm³/mol. The quantitative estimate of drug-likeness (QED) is 0.678. The average Bonchev–Trinajstić information content (AvgIpc) is 2.86. The molecule has 1 heterocycles. The Morgan fingerprint density at radius 2 is 2.00 bits per heavy atom. The van der Waals surface area contributed by atoms with Gasteiger partial charge in [-0.3, -0.25) is 4.79 Å². The number of hydrogen-bond acceptors (Lipinski definition) is 6. The Morgan fingerprint density at radius 3 is 2.82 bits per heavy atom. The molecule has 1 aromatic rings. The van der Waals surface area contributed by atoms with Crippen LogP contribution in [0.1, 0.15) is 62.8 Å². The summed E-state index contributed by atoms with van der Waals surface area (Å²) in [6.45, 7) is -0.0549. The number of carbonyl (C=O) groups is 1. The van der Waals surface area contributed by atoms with Gasteiger partial charge in [0.2, 0.25) is 0 Å². The Morgan fingerprint density at radius 1 is 1.18 bits per heavy atom. The second-order valence-electron chi connectivity index (χ2n) is 5.98. The summed E-state index contributed by atoms with van der Waals surface area (Å²) in [7, 11) is 0. The molecule has 2 aliphatic carbocycles. The molecule has 7 heteroatoms. The molecule has 2 aliphatic rings. The van der Waals surface area contributed by atoms with Crippen molar-refractivity contribution >= 4 is 11.6 Å². The smallest absolute Gasteiger partial charge is 0.260 e. The second-order valence-corrected chi connectivity index (χ2v) is 5.98. The highest BCUT2D eigenvalue weighted by Gasteiger charge is 2.22. The molecule has 0 saturated heterocycles. The monoisotopic (exact) mass is 306 g/mol. The fraction of sp³-hybridized carbons (Fsp3) is 0.733. The third-order valence-corrected chi connectivity index (χ3v) is 4.25. The highest BCUT2D eigenvalue weighted by Crippen LogP contribution is 2.18. The molecule has 0 aromatic carbocycles. The molecule has 7 nitrogen and oxygen atoms in total. The molecule has 0 spiro atoms. The molecule has 1 amide bonds. The maximum Gasteiger partial charge on any atom is 0.260 e. The van der Waals surface area contributed by atoms with E-state index in [9.17, 15) is 4.79 Å². The van der Waals surface area contributed by atoms with Gasteiger partial charge in [-0.15, -0.1) is 0 Å². The molecule has 1 N–H and O–H groups in total. The molecule has 0 radical (unpaired) electrons. The summed E-state index contributed by atoms with van der Waals surface area (Å²) in [6.07, 6.45) is 9.60. The molecule has 120 valence electrons. The molecule has 0 unspecified atom stereocenters. The lowest BCUT2D eigenvalue weighted by Gasteiger charge is -2.15. The van der Waals surface area contributed by atoms with Crippen molar-refractivity contribution in [2.45, 2.75) is 63.8 Å². The molecular formula is C15H22N4O3. The van der Waals surface area contributed by atoms with E-state index in [1.807, 2.05) is 0 Å². The number of amides is 1. The summed E-state index contributed by atoms with van der Waals surface area (Å²) in [5, 5.41) is 14.7. The lowest BCUT2D eigenvalue weighted by Crippen LogP contribution is -2.36. The van der Waals surface area contributed by atoms with Crippen LogP contribution in [-0.4, -0.2) is 34.6 Å². The number of carbonyl (C=O) groups excluding carboxylic acids is 1. The topological polar surface area (TPSA) is 89.6 Å². The van der Waals surface area contributed by atoms with Gasteiger partial charge in [-0.1, -0.05) is 36.0 Å². The first-order valence-corrected chi connectivity index (χ1v) is 8.13. The lowest BCUT2D eigenvalue weighted by molar-refractivity contribution is -0.126. The molecule has 3 rings (SSSR count). The molecule has 1 saturated carbocycles. The number of nitrogens with one attached hydrogen (secondary N) is 1. The standard InChI is InChI=1S/C15H22N4O3/c20-14(16-11-6-3-1-2-4-7-11)10-21-17-12-8-5-9-13-15(12)19-22-18-13/h11H,1-10H2,(H,16,20)/b17-12-. The van der Waals surface area contributed by atoms with Crippen LogP contribution in [0.5, 0.6) is 0 Å². The van der Waals surface area contributed by atoms with Crippen LogP contribution in [0.4, 0.5) is 0 Å². The zero-order chi connectivity index (χ0) is 15.2. The lowest BCUT2D eigenvalue weighted by atomic mass is 9.99. The first kappa shape index (κ1) is 15.0. The summed E-state index contributed by atoms with van der Waals surface area (Å²) >= 11 is 0. The number of nitrogens with zero attached hydrogens (tertiary/aromatic N) is 3. The van der Waals surface area contributed by atoms with Gasteiger partial charge in [0, 0.05) is 6.04 Å². The number of aromatic nitrogens is 2. The Kier molecular flexibility index (Phi) is 5.03. The van der Waals surface area contributed by atoms with Gasteiger partial charge < -0.3 is 10.2 Å². The van der Waals surface area contributed by atoms with Gasteiger partial charge in [0.25, 0.3) is 5.91 Å². The minimum atomic E-state index is -0.106. The van der Waals surface area contributed by atoms with E-state index in [0.29, 0.717) is 11.4 Å². The van der Waals surface area contributed by atoms with Gasteiger partial charge in [0.05, 0.1) is 0 Å². The summed E-state index contributed by atoms with van der Waals surface area (Å²) in [6, 6.07) is 0.285. The van der Waals surface area contributed by atoms with E-state index in [-0.39, 0.29) is 18.6 Å². The van der Waals surface area contributed by atoms with Crippen LogP contribution in [0, 0.1) is 0 Å². The van der Waals surface area contributed by atoms with Crippen LogP contribution in [-0.2, 0) is 16.1 Å². The zero-order valence-electron chi connectivity index (χ0n) is 12.7. The maximum atomic E-state index is 11.9. The molecule has 1 fully saturated rings. The fourth-order valence-corrected chi connectivity index (χ4v) is 3.08. The van der Waals surface area contributed by atoms with Crippen LogP contribution in [0.2, 0.25) is 0 Å². The molecule has 22 heavy (non-hydrogen) atoms. The maximum absolute atomic E-state index is 11.9. The number of hydrogen-bond donors (Lipinski definition) is 1. The Labute approximate surface area is 129 Å². The molecule has 0 bridgehead atoms. The number of rotatable bonds is 4. The fourth-order valence-electron chi connectivity index (χ4n) is 3.08. The minimum Gasteiger partial charge on any atom is -0.385 e. The van der Waals surface area contributed by atoms with E-state index in [2.05, 4.69) is 20.8 Å². The molecule has 0 aliphatic heterocycles. The average molecular weight is 306 g/mol. The normalized spacial score (nSPS) is 21.2. The van der Waals surface area contributed by atoms with E-state index in [1.54, 1.807) is 0 Å². The van der Waals surface area contributed by atoms with Crippen molar-refractivity contribution in [3.63, 3.8) is 0 Å². The van der Waals surface area contributed by atoms with Gasteiger partial charge in [0.15, 0.2) is 12.3 Å². The highest BCUT2D eigenvalue weighted by molar-refractivity contribution is 6.00. The second kappa shape index (κ2) is 7.38. The van der Waals surface area contributed by atoms with Gasteiger partial charge in [-0.05, 0) is 37.3 Å². The Balaban J connectivity index is 1.47. The van der Waals surface area contributed by atoms with Crippen molar-refractivity contribution < 1.29 is 14.3 Å². The van der Waals surface area contributed by atoms with Crippen molar-refractivity contribution in [1.29, 1.82) is 0 Å². The zero-order valence-corrected chi connectivity index (χ0v) is 12.7. The first-order chi connectivity index (χ1) is 10.8. The van der Waals surface area contributed by atoms with Crippen LogP contribution < -0.4 is 5.32 Å². The van der Waals surface area contributed by atoms with Crippen molar-refractivity contribution in [1.82, 2.24) is 15.6 Å². The summed E-state index contributed by atoms with van der Waals surface area (Å²) in [5.74, 6) is -0.106. The summed E-state index contributed by atoms with van der Waals surface area (Å²) in [4.78, 5) is 17.1. The molecular weight excluding hydrogens is 284 g/mol. The van der Waals surface area contributed by atoms with Crippen LogP contribution in [0.15, 0.2) is 9.78 Å². The minimum absolute atomic E-state index is 0.0549. The third kappa shape index (κ3) is 3.84. The molecule has 0 atom stereocenters. The van der Waals surface area contributed by atoms with Crippen molar-refractivity contribution in [2.75, 3.05) is 6.61 Å². The number of fused-ring (bicyclic) bond motifs is 1. The third-order valence-electron chi connectivity index (χ3n) is 4.25. The Hall–Kier alpha value is -1.92. The van der Waals surface area contributed by atoms with Crippen LogP contribution in [0.3, 0.4) is 0 Å². The van der Waals surface area contributed by atoms with E-state index < -0.39 is 0 Å². The van der Waals surface area contributed by atoms with Gasteiger partial charge in [-0.25, -0.2) is 4.63 Å². The van der Waals surface area contributed by atoms with E-state index >= 15 is 0 Å². The van der Waals surface area contributed by atoms with Crippen molar-refractivity contribution in [3.8, 4) is 0 Å². The Bertz CT molecular complexity index is 533. The predicted octanol–water partition coefficient (Wildman–Crippen LogP) is 1.97. The van der Waals surface area contributed by atoms with E-state index in [4.69, 9.17) is 9.47 Å². The first-order valence-electron chi connectivity index (χ1n) is 8.13. The summed E-state index contributed by atoms with van der Waals surface area (Å²) in [5.41, 5.74) is 2.19. The number of aryl methyl sites for hydroxylation is 1. The van der Waals surface area contributed by atoms with Crippen molar-refractivity contribution in [2.24, 2.45) is 5.16 Å². The van der Waals surface area contributed by atoms with Gasteiger partial charge >= 0.3 is 0 Å². The van der Waals surface area contributed by atoms with E-state index in [0.717, 1.165) is 37.8 Å². The van der Waals surface area contributed by atoms with Gasteiger partial charge in [0.1, 0.15) is 11.4 Å². The van der Waals surface area contributed by atoms with Gasteiger partial charge in [-0.2, -0.15) is 0 Å². The number of oxime groups is 1. The highest BCUT2D eigenvalue weighted by atomic mass is 16.6. The molecule has 1 aromatic heterocycles. The van der Waals surface area contributed by atoms with E-state index in [1.165, 1.54) is 25.7 Å². The SMILES string of the molecule is O=C(CO/N=C1/CCCc2nonc21)NC1CCCCCC1. The summed E-state index contributed by atoms with van der Waals surface area (Å²) < 4.78 is 4.72. The van der Waals surface area contributed by atoms with Crippen molar-refractivity contribution in [3.05, 3.63) is 11.4 Å².